The first kappa shape index (κ1) is 8.90. The summed E-state index contributed by atoms with van der Waals surface area (Å²) in [4.78, 5) is 10.4. The van der Waals surface area contributed by atoms with E-state index in [1.807, 2.05) is 0 Å². The quantitative estimate of drug-likeness (QED) is 0.501. The van der Waals surface area contributed by atoms with Gasteiger partial charge in [-0.1, -0.05) is 30.3 Å². The van der Waals surface area contributed by atoms with Crippen LogP contribution in [0.1, 0.15) is 11.5 Å². The van der Waals surface area contributed by atoms with Crippen LogP contribution in [0.3, 0.4) is 0 Å². The monoisotopic (exact) mass is 166 g/mol. The van der Waals surface area contributed by atoms with E-state index >= 15 is 0 Å². The van der Waals surface area contributed by atoms with Crippen molar-refractivity contribution in [3.8, 4) is 0 Å². The Morgan fingerprint density at radius 3 is 2.17 bits per heavy atom. The average molecular weight is 166 g/mol. The molecule has 0 aromatic heterocycles. The van der Waals surface area contributed by atoms with Crippen molar-refractivity contribution in [2.24, 2.45) is 0 Å². The summed E-state index contributed by atoms with van der Waals surface area (Å²) in [5.41, 5.74) is 0.613. The van der Waals surface area contributed by atoms with Gasteiger partial charge in [0.2, 0.25) is 0 Å². The molecule has 1 atom stereocenters. The van der Waals surface area contributed by atoms with Crippen molar-refractivity contribution in [1.82, 2.24) is 0 Å². The summed E-state index contributed by atoms with van der Waals surface area (Å²) in [6.45, 7) is 0. The molecule has 1 aromatic carbocycles. The fraction of sp³-hybridized carbons (Fsp3) is 0.222. The van der Waals surface area contributed by atoms with Gasteiger partial charge in [0.1, 0.15) is 6.29 Å². The molecule has 0 saturated heterocycles. The zero-order valence-corrected chi connectivity index (χ0v) is 6.42. The van der Waals surface area contributed by atoms with Gasteiger partial charge in [0, 0.05) is 0 Å². The van der Waals surface area contributed by atoms with Gasteiger partial charge in [-0.05, 0) is 5.56 Å². The lowest BCUT2D eigenvalue weighted by Gasteiger charge is -2.11. The molecule has 3 heteroatoms. The minimum atomic E-state index is -1.62. The number of hydrogen-bond donors (Lipinski definition) is 2. The summed E-state index contributed by atoms with van der Waals surface area (Å²) in [5.74, 6) is -0.841. The van der Waals surface area contributed by atoms with Crippen LogP contribution in [0.4, 0.5) is 0 Å². The van der Waals surface area contributed by atoms with Crippen molar-refractivity contribution >= 4 is 6.29 Å². The van der Waals surface area contributed by atoms with Crippen LogP contribution in [0, 0.1) is 0 Å². The third-order valence-electron chi connectivity index (χ3n) is 1.65. The standard InChI is InChI=1S/C9H10O3/c10-6-8(9(11)12)7-4-2-1-3-5-7/h1-6,8-9,11-12H. The van der Waals surface area contributed by atoms with Crippen molar-refractivity contribution in [3.63, 3.8) is 0 Å². The molecule has 0 aliphatic carbocycles. The Labute approximate surface area is 70.3 Å². The van der Waals surface area contributed by atoms with Crippen molar-refractivity contribution in [2.45, 2.75) is 12.2 Å². The van der Waals surface area contributed by atoms with Gasteiger partial charge in [-0.15, -0.1) is 0 Å². The molecule has 0 saturated carbocycles. The Morgan fingerprint density at radius 1 is 1.17 bits per heavy atom. The topological polar surface area (TPSA) is 57.5 Å². The molecule has 0 heterocycles. The average Bonchev–Trinajstić information content (AvgIpc) is 2.07. The summed E-state index contributed by atoms with van der Waals surface area (Å²) in [6.07, 6.45) is -1.09. The van der Waals surface area contributed by atoms with Crippen molar-refractivity contribution in [3.05, 3.63) is 35.9 Å². The molecule has 0 fully saturated rings. The number of hydrogen-bond acceptors (Lipinski definition) is 3. The van der Waals surface area contributed by atoms with Gasteiger partial charge in [0.15, 0.2) is 6.29 Å². The first-order valence-electron chi connectivity index (χ1n) is 3.62. The summed E-state index contributed by atoms with van der Waals surface area (Å²) in [6, 6.07) is 8.65. The lowest BCUT2D eigenvalue weighted by molar-refractivity contribution is -0.120. The number of aldehydes is 1. The molecule has 0 aliphatic heterocycles. The van der Waals surface area contributed by atoms with E-state index in [9.17, 15) is 4.79 Å². The van der Waals surface area contributed by atoms with Gasteiger partial charge in [-0.25, -0.2) is 0 Å². The molecule has 1 rings (SSSR count). The maximum absolute atomic E-state index is 10.4. The van der Waals surface area contributed by atoms with E-state index in [0.29, 0.717) is 11.8 Å². The van der Waals surface area contributed by atoms with E-state index in [0.717, 1.165) is 0 Å². The molecule has 64 valence electrons. The van der Waals surface area contributed by atoms with Gasteiger partial charge in [0.25, 0.3) is 0 Å². The highest BCUT2D eigenvalue weighted by Crippen LogP contribution is 2.15. The van der Waals surface area contributed by atoms with E-state index in [1.54, 1.807) is 30.3 Å². The fourth-order valence-electron chi connectivity index (χ4n) is 0.996. The van der Waals surface area contributed by atoms with Gasteiger partial charge < -0.3 is 15.0 Å². The third kappa shape index (κ3) is 1.90. The summed E-state index contributed by atoms with van der Waals surface area (Å²) in [5, 5.41) is 17.6. The number of benzene rings is 1. The first-order chi connectivity index (χ1) is 5.75. The first-order valence-corrected chi connectivity index (χ1v) is 3.62. The van der Waals surface area contributed by atoms with Crippen LogP contribution in [-0.2, 0) is 4.79 Å². The van der Waals surface area contributed by atoms with Crippen LogP contribution in [0.2, 0.25) is 0 Å². The minimum Gasteiger partial charge on any atom is -0.367 e. The predicted molar refractivity (Wildman–Crippen MR) is 43.5 cm³/mol. The zero-order valence-electron chi connectivity index (χ0n) is 6.42. The highest BCUT2D eigenvalue weighted by atomic mass is 16.5. The molecule has 3 nitrogen and oxygen atoms in total. The van der Waals surface area contributed by atoms with E-state index in [2.05, 4.69) is 0 Å². The van der Waals surface area contributed by atoms with Crippen molar-refractivity contribution in [1.29, 1.82) is 0 Å². The van der Waals surface area contributed by atoms with E-state index in [1.165, 1.54) is 0 Å². The Morgan fingerprint density at radius 2 is 1.75 bits per heavy atom. The van der Waals surface area contributed by atoms with Crippen LogP contribution in [0.15, 0.2) is 30.3 Å². The molecule has 0 amide bonds. The van der Waals surface area contributed by atoms with Crippen molar-refractivity contribution in [2.75, 3.05) is 0 Å². The number of carbonyl (C=O) groups is 1. The highest BCUT2D eigenvalue weighted by Gasteiger charge is 2.16. The van der Waals surface area contributed by atoms with Crippen LogP contribution >= 0.6 is 0 Å². The van der Waals surface area contributed by atoms with Crippen LogP contribution in [0.25, 0.3) is 0 Å². The predicted octanol–water partition coefficient (Wildman–Crippen LogP) is 0.280. The molecule has 2 N–H and O–H groups in total. The van der Waals surface area contributed by atoms with Gasteiger partial charge in [-0.3, -0.25) is 0 Å². The zero-order chi connectivity index (χ0) is 8.97. The SMILES string of the molecule is O=CC(c1ccccc1)C(O)O. The second-order valence-corrected chi connectivity index (χ2v) is 2.49. The molecule has 0 aliphatic rings. The van der Waals surface area contributed by atoms with Gasteiger partial charge in [-0.2, -0.15) is 0 Å². The molecule has 12 heavy (non-hydrogen) atoms. The maximum Gasteiger partial charge on any atom is 0.165 e. The Balaban J connectivity index is 2.88. The number of carbonyl (C=O) groups excluding carboxylic acids is 1. The van der Waals surface area contributed by atoms with Crippen LogP contribution in [-0.4, -0.2) is 22.8 Å². The number of aliphatic hydroxyl groups is 2. The highest BCUT2D eigenvalue weighted by molar-refractivity contribution is 5.62. The minimum absolute atomic E-state index is 0.528. The Hall–Kier alpha value is -1.19. The van der Waals surface area contributed by atoms with E-state index in [4.69, 9.17) is 10.2 Å². The number of aliphatic hydroxyl groups excluding tert-OH is 1. The summed E-state index contributed by atoms with van der Waals surface area (Å²) in [7, 11) is 0. The van der Waals surface area contributed by atoms with Crippen LogP contribution < -0.4 is 0 Å². The van der Waals surface area contributed by atoms with E-state index < -0.39 is 12.2 Å². The lowest BCUT2D eigenvalue weighted by Crippen LogP contribution is -2.18. The largest absolute Gasteiger partial charge is 0.367 e. The fourth-order valence-corrected chi connectivity index (χ4v) is 0.996. The second kappa shape index (κ2) is 3.99. The molecule has 0 bridgehead atoms. The normalized spacial score (nSPS) is 12.9. The Kier molecular flexibility index (Phi) is 2.96. The van der Waals surface area contributed by atoms with Crippen molar-refractivity contribution < 1.29 is 15.0 Å². The smallest absolute Gasteiger partial charge is 0.165 e. The molecular weight excluding hydrogens is 156 g/mol. The maximum atomic E-state index is 10.4. The third-order valence-corrected chi connectivity index (χ3v) is 1.65. The molecule has 0 spiro atoms. The summed E-state index contributed by atoms with van der Waals surface area (Å²) >= 11 is 0. The molecule has 0 radical (unpaired) electrons. The Bertz CT molecular complexity index is 243. The number of rotatable bonds is 3. The molecular formula is C9H10O3. The summed E-state index contributed by atoms with van der Waals surface area (Å²) < 4.78 is 0. The van der Waals surface area contributed by atoms with E-state index in [-0.39, 0.29) is 0 Å². The second-order valence-electron chi connectivity index (χ2n) is 2.49. The van der Waals surface area contributed by atoms with Gasteiger partial charge in [0.05, 0.1) is 5.92 Å². The molecule has 1 aromatic rings. The molecule has 1 unspecified atom stereocenters. The van der Waals surface area contributed by atoms with Gasteiger partial charge >= 0.3 is 0 Å². The lowest BCUT2D eigenvalue weighted by atomic mass is 10.0. The van der Waals surface area contributed by atoms with Crippen LogP contribution in [0.5, 0.6) is 0 Å².